The highest BCUT2D eigenvalue weighted by Gasteiger charge is 2.28. The van der Waals surface area contributed by atoms with Gasteiger partial charge in [0.25, 0.3) is 0 Å². The first-order chi connectivity index (χ1) is 14.8. The van der Waals surface area contributed by atoms with E-state index >= 15 is 0 Å². The number of aliphatic hydroxyl groups excluding tert-OH is 2. The molecule has 0 saturated carbocycles. The van der Waals surface area contributed by atoms with E-state index < -0.39 is 17.8 Å². The van der Waals surface area contributed by atoms with Crippen molar-refractivity contribution < 1.29 is 15.0 Å². The van der Waals surface area contributed by atoms with Gasteiger partial charge in [-0.2, -0.15) is 5.26 Å². The van der Waals surface area contributed by atoms with Gasteiger partial charge in [-0.3, -0.25) is 4.79 Å². The van der Waals surface area contributed by atoms with Gasteiger partial charge in [0.15, 0.2) is 0 Å². The minimum atomic E-state index is -0.975. The number of carbonyl (C=O) groups excluding carboxylic acids is 1. The minimum absolute atomic E-state index is 0.0243. The van der Waals surface area contributed by atoms with Crippen LogP contribution in [0.4, 0.5) is 5.69 Å². The van der Waals surface area contributed by atoms with Crippen molar-refractivity contribution in [2.45, 2.75) is 39.3 Å². The molecule has 4 atom stereocenters. The third kappa shape index (κ3) is 5.68. The Hall–Kier alpha value is -2.33. The second kappa shape index (κ2) is 10.3. The molecule has 164 valence electrons. The first-order valence-corrected chi connectivity index (χ1v) is 11.7. The SMILES string of the molecule is CC1CC(C)C(C)N(c2ccc3cc(/C=C(\C#N)C(=O)SCC(O)CO)ccc3c2)C1. The van der Waals surface area contributed by atoms with Crippen molar-refractivity contribution in [3.63, 3.8) is 0 Å². The maximum absolute atomic E-state index is 12.2. The molecule has 5 nitrogen and oxygen atoms in total. The Morgan fingerprint density at radius 1 is 1.26 bits per heavy atom. The van der Waals surface area contributed by atoms with Crippen molar-refractivity contribution in [3.05, 3.63) is 47.5 Å². The van der Waals surface area contributed by atoms with Crippen molar-refractivity contribution in [1.82, 2.24) is 0 Å². The molecule has 0 amide bonds. The molecule has 2 aromatic carbocycles. The molecule has 0 aliphatic carbocycles. The number of anilines is 1. The van der Waals surface area contributed by atoms with Gasteiger partial charge >= 0.3 is 0 Å². The summed E-state index contributed by atoms with van der Waals surface area (Å²) in [6.45, 7) is 7.59. The second-order valence-electron chi connectivity index (χ2n) is 8.61. The third-order valence-electron chi connectivity index (χ3n) is 6.05. The van der Waals surface area contributed by atoms with E-state index in [2.05, 4.69) is 43.9 Å². The molecule has 1 aliphatic heterocycles. The summed E-state index contributed by atoms with van der Waals surface area (Å²) in [5, 5.41) is 29.4. The fourth-order valence-corrected chi connectivity index (χ4v) is 4.89. The summed E-state index contributed by atoms with van der Waals surface area (Å²) in [4.78, 5) is 14.7. The Kier molecular flexibility index (Phi) is 7.77. The molecule has 0 aromatic heterocycles. The number of thioether (sulfide) groups is 1. The molecule has 1 fully saturated rings. The van der Waals surface area contributed by atoms with Gasteiger partial charge in [-0.15, -0.1) is 0 Å². The Morgan fingerprint density at radius 2 is 1.97 bits per heavy atom. The zero-order chi connectivity index (χ0) is 22.5. The maximum Gasteiger partial charge on any atom is 0.230 e. The van der Waals surface area contributed by atoms with Gasteiger partial charge in [0.2, 0.25) is 5.12 Å². The van der Waals surface area contributed by atoms with Gasteiger partial charge < -0.3 is 15.1 Å². The first-order valence-electron chi connectivity index (χ1n) is 10.7. The van der Waals surface area contributed by atoms with Gasteiger partial charge in [0, 0.05) is 24.0 Å². The van der Waals surface area contributed by atoms with Crippen LogP contribution in [0.15, 0.2) is 42.0 Å². The number of nitrogens with zero attached hydrogens (tertiary/aromatic N) is 2. The Balaban J connectivity index is 1.82. The topological polar surface area (TPSA) is 84.6 Å². The maximum atomic E-state index is 12.2. The molecular formula is C25H30N2O3S. The molecule has 0 spiro atoms. The molecule has 4 unspecified atom stereocenters. The number of hydrogen-bond donors (Lipinski definition) is 2. The van der Waals surface area contributed by atoms with Gasteiger partial charge in [-0.05, 0) is 65.8 Å². The van der Waals surface area contributed by atoms with Crippen LogP contribution in [-0.4, -0.2) is 46.4 Å². The summed E-state index contributed by atoms with van der Waals surface area (Å²) in [6.07, 6.45) is 1.86. The summed E-state index contributed by atoms with van der Waals surface area (Å²) in [5.74, 6) is 1.39. The predicted octanol–water partition coefficient (Wildman–Crippen LogP) is 4.23. The largest absolute Gasteiger partial charge is 0.394 e. The number of nitriles is 1. The average molecular weight is 439 g/mol. The lowest BCUT2D eigenvalue weighted by Gasteiger charge is -2.42. The van der Waals surface area contributed by atoms with Crippen molar-refractivity contribution in [2.24, 2.45) is 11.8 Å². The minimum Gasteiger partial charge on any atom is -0.394 e. The number of aliphatic hydroxyl groups is 2. The van der Waals surface area contributed by atoms with E-state index in [4.69, 9.17) is 5.11 Å². The van der Waals surface area contributed by atoms with Gasteiger partial charge in [0.1, 0.15) is 11.6 Å². The summed E-state index contributed by atoms with van der Waals surface area (Å²) < 4.78 is 0. The zero-order valence-corrected chi connectivity index (χ0v) is 19.1. The number of piperidine rings is 1. The molecule has 1 saturated heterocycles. The smallest absolute Gasteiger partial charge is 0.230 e. The van der Waals surface area contributed by atoms with E-state index in [1.807, 2.05) is 24.3 Å². The molecule has 0 radical (unpaired) electrons. The summed E-state index contributed by atoms with van der Waals surface area (Å²) in [6, 6.07) is 14.8. The van der Waals surface area contributed by atoms with E-state index in [0.717, 1.165) is 34.6 Å². The standard InChI is InChI=1S/C25H30N2O3S/c1-16-8-17(2)18(3)27(13-16)23-7-6-20-9-19(4-5-21(20)11-23)10-22(12-26)25(30)31-15-24(29)14-28/h4-7,9-11,16-18,24,28-29H,8,13-15H2,1-3H3/b22-10+. The third-order valence-corrected chi connectivity index (χ3v) is 7.08. The molecular weight excluding hydrogens is 408 g/mol. The van der Waals surface area contributed by atoms with Crippen LogP contribution in [0.3, 0.4) is 0 Å². The van der Waals surface area contributed by atoms with Gasteiger partial charge in [-0.1, -0.05) is 43.8 Å². The summed E-state index contributed by atoms with van der Waals surface area (Å²) in [7, 11) is 0. The molecule has 2 aromatic rings. The highest BCUT2D eigenvalue weighted by atomic mass is 32.2. The van der Waals surface area contributed by atoms with Crippen LogP contribution in [0.1, 0.15) is 32.8 Å². The Bertz CT molecular complexity index is 1010. The Morgan fingerprint density at radius 3 is 2.68 bits per heavy atom. The lowest BCUT2D eigenvalue weighted by atomic mass is 9.85. The highest BCUT2D eigenvalue weighted by molar-refractivity contribution is 8.14. The van der Waals surface area contributed by atoms with E-state index in [-0.39, 0.29) is 11.3 Å². The van der Waals surface area contributed by atoms with E-state index in [1.54, 1.807) is 6.08 Å². The van der Waals surface area contributed by atoms with E-state index in [0.29, 0.717) is 17.9 Å². The monoisotopic (exact) mass is 438 g/mol. The van der Waals surface area contributed by atoms with Crippen LogP contribution < -0.4 is 4.90 Å². The molecule has 1 heterocycles. The van der Waals surface area contributed by atoms with E-state index in [1.165, 1.54) is 12.1 Å². The Labute approximate surface area is 188 Å². The average Bonchev–Trinajstić information content (AvgIpc) is 2.77. The number of benzene rings is 2. The summed E-state index contributed by atoms with van der Waals surface area (Å²) in [5.41, 5.74) is 2.03. The normalized spacial score (nSPS) is 22.9. The fourth-order valence-electron chi connectivity index (χ4n) is 4.18. The number of carbonyl (C=O) groups is 1. The number of rotatable bonds is 6. The first kappa shape index (κ1) is 23.3. The van der Waals surface area contributed by atoms with Crippen LogP contribution in [0, 0.1) is 23.2 Å². The molecule has 31 heavy (non-hydrogen) atoms. The van der Waals surface area contributed by atoms with Crippen molar-refractivity contribution in [3.8, 4) is 6.07 Å². The zero-order valence-electron chi connectivity index (χ0n) is 18.3. The van der Waals surface area contributed by atoms with Gasteiger partial charge in [-0.25, -0.2) is 0 Å². The van der Waals surface area contributed by atoms with Crippen molar-refractivity contribution in [1.29, 1.82) is 5.26 Å². The second-order valence-corrected chi connectivity index (χ2v) is 9.60. The number of hydrogen-bond acceptors (Lipinski definition) is 6. The van der Waals surface area contributed by atoms with Crippen molar-refractivity contribution in [2.75, 3.05) is 23.8 Å². The highest BCUT2D eigenvalue weighted by Crippen LogP contribution is 2.33. The van der Waals surface area contributed by atoms with Crippen LogP contribution in [0.5, 0.6) is 0 Å². The van der Waals surface area contributed by atoms with Crippen LogP contribution in [0.2, 0.25) is 0 Å². The molecule has 6 heteroatoms. The lowest BCUT2D eigenvalue weighted by Crippen LogP contribution is -2.45. The molecule has 1 aliphatic rings. The van der Waals surface area contributed by atoms with Crippen LogP contribution in [-0.2, 0) is 4.79 Å². The van der Waals surface area contributed by atoms with E-state index in [9.17, 15) is 15.2 Å². The van der Waals surface area contributed by atoms with Crippen LogP contribution in [0.25, 0.3) is 16.8 Å². The van der Waals surface area contributed by atoms with Crippen molar-refractivity contribution >= 4 is 39.4 Å². The lowest BCUT2D eigenvalue weighted by molar-refractivity contribution is -0.107. The predicted molar refractivity (Wildman–Crippen MR) is 128 cm³/mol. The summed E-state index contributed by atoms with van der Waals surface area (Å²) >= 11 is 0.838. The molecule has 2 N–H and O–H groups in total. The number of fused-ring (bicyclic) bond motifs is 1. The fraction of sp³-hybridized carbons (Fsp3) is 0.440. The quantitative estimate of drug-likeness (QED) is 0.519. The molecule has 3 rings (SSSR count). The van der Waals surface area contributed by atoms with Crippen LogP contribution >= 0.6 is 11.8 Å². The van der Waals surface area contributed by atoms with Gasteiger partial charge in [0.05, 0.1) is 12.7 Å². The molecule has 0 bridgehead atoms.